The van der Waals surface area contributed by atoms with E-state index in [1.54, 1.807) is 32.5 Å². The number of hydrogen-bond donors (Lipinski definition) is 1. The zero-order chi connectivity index (χ0) is 25.7. The van der Waals surface area contributed by atoms with E-state index in [4.69, 9.17) is 9.47 Å². The second-order valence-electron chi connectivity index (χ2n) is 7.82. The van der Waals surface area contributed by atoms with Crippen molar-refractivity contribution in [3.05, 3.63) is 90.1 Å². The maximum Gasteiger partial charge on any atom is 0.256 e. The summed E-state index contributed by atoms with van der Waals surface area (Å²) in [5, 5.41) is 4.01. The summed E-state index contributed by atoms with van der Waals surface area (Å²) in [6.45, 7) is 0.247. The van der Waals surface area contributed by atoms with Gasteiger partial charge in [-0.15, -0.1) is 0 Å². The second-order valence-corrected chi connectivity index (χ2v) is 10.9. The maximum absolute atomic E-state index is 12.9. The molecule has 0 unspecified atom stereocenters. The summed E-state index contributed by atoms with van der Waals surface area (Å²) < 4.78 is 37.9. The summed E-state index contributed by atoms with van der Waals surface area (Å²) >= 11 is 1.29. The van der Waals surface area contributed by atoms with Crippen LogP contribution >= 0.6 is 11.3 Å². The molecule has 10 heteroatoms. The van der Waals surface area contributed by atoms with Crippen molar-refractivity contribution in [2.45, 2.75) is 11.4 Å². The number of anilines is 1. The molecule has 0 aliphatic rings. The minimum absolute atomic E-state index is 0.114. The van der Waals surface area contributed by atoms with Crippen LogP contribution in [0.25, 0.3) is 10.6 Å². The molecular weight excluding hydrogens is 498 g/mol. The zero-order valence-corrected chi connectivity index (χ0v) is 21.6. The van der Waals surface area contributed by atoms with E-state index >= 15 is 0 Å². The normalized spacial score (nSPS) is 11.3. The first kappa shape index (κ1) is 25.4. The summed E-state index contributed by atoms with van der Waals surface area (Å²) in [5.74, 6) is 0.928. The van der Waals surface area contributed by atoms with Gasteiger partial charge in [0.15, 0.2) is 0 Å². The van der Waals surface area contributed by atoms with Gasteiger partial charge < -0.3 is 14.8 Å². The third-order valence-electron chi connectivity index (χ3n) is 5.45. The van der Waals surface area contributed by atoms with Crippen LogP contribution in [0.2, 0.25) is 0 Å². The number of aromatic nitrogens is 1. The molecule has 186 valence electrons. The van der Waals surface area contributed by atoms with Gasteiger partial charge in [-0.2, -0.15) is 4.31 Å². The van der Waals surface area contributed by atoms with Gasteiger partial charge in [0.2, 0.25) is 10.0 Å². The highest BCUT2D eigenvalue weighted by molar-refractivity contribution is 7.89. The fraction of sp³-hybridized carbons (Fsp3) is 0.154. The number of carbonyl (C=O) groups is 1. The Morgan fingerprint density at radius 3 is 2.39 bits per heavy atom. The Morgan fingerprint density at radius 2 is 1.72 bits per heavy atom. The molecule has 4 aromatic rings. The van der Waals surface area contributed by atoms with Crippen molar-refractivity contribution in [3.63, 3.8) is 0 Å². The number of benzene rings is 3. The van der Waals surface area contributed by atoms with Gasteiger partial charge >= 0.3 is 0 Å². The molecule has 0 aliphatic carbocycles. The molecule has 3 aromatic carbocycles. The molecule has 1 aromatic heterocycles. The summed E-state index contributed by atoms with van der Waals surface area (Å²) in [7, 11) is 0.977. The monoisotopic (exact) mass is 523 g/mol. The topological polar surface area (TPSA) is 97.8 Å². The molecule has 0 spiro atoms. The Bertz CT molecular complexity index is 1450. The third kappa shape index (κ3) is 5.56. The predicted molar refractivity (Wildman–Crippen MR) is 140 cm³/mol. The molecule has 8 nitrogen and oxygen atoms in total. The molecule has 0 bridgehead atoms. The van der Waals surface area contributed by atoms with Crippen LogP contribution in [0, 0.1) is 0 Å². The van der Waals surface area contributed by atoms with E-state index in [1.807, 2.05) is 36.4 Å². The van der Waals surface area contributed by atoms with E-state index in [-0.39, 0.29) is 17.3 Å². The van der Waals surface area contributed by atoms with Gasteiger partial charge in [0.1, 0.15) is 21.5 Å². The van der Waals surface area contributed by atoms with Crippen molar-refractivity contribution in [2.24, 2.45) is 0 Å². The van der Waals surface area contributed by atoms with Crippen molar-refractivity contribution < 1.29 is 22.7 Å². The Morgan fingerprint density at radius 1 is 1.00 bits per heavy atom. The van der Waals surface area contributed by atoms with Crippen molar-refractivity contribution in [2.75, 3.05) is 26.6 Å². The minimum Gasteiger partial charge on any atom is -0.497 e. The number of sulfonamides is 1. The molecule has 0 atom stereocenters. The molecular formula is C26H25N3O5S2. The predicted octanol–water partition coefficient (Wildman–Crippen LogP) is 4.90. The van der Waals surface area contributed by atoms with Gasteiger partial charge in [0.25, 0.3) is 5.91 Å². The zero-order valence-electron chi connectivity index (χ0n) is 20.0. The first-order valence-corrected chi connectivity index (χ1v) is 13.2. The molecule has 36 heavy (non-hydrogen) atoms. The van der Waals surface area contributed by atoms with Crippen LogP contribution in [0.4, 0.5) is 5.00 Å². The van der Waals surface area contributed by atoms with Crippen molar-refractivity contribution in [1.82, 2.24) is 9.29 Å². The lowest BCUT2D eigenvalue weighted by Gasteiger charge is -2.17. The smallest absolute Gasteiger partial charge is 0.256 e. The first-order chi connectivity index (χ1) is 17.3. The number of ether oxygens (including phenoxy) is 2. The SMILES string of the molecule is COc1ccc(OC)c(-c2ncc(NC(=O)c3ccc(S(=O)(=O)N(C)Cc4ccccc4)cc3)s2)c1. The van der Waals surface area contributed by atoms with Crippen LogP contribution in [0.3, 0.4) is 0 Å². The quantitative estimate of drug-likeness (QED) is 0.335. The van der Waals surface area contributed by atoms with Gasteiger partial charge in [-0.1, -0.05) is 41.7 Å². The number of hydrogen-bond acceptors (Lipinski definition) is 7. The minimum atomic E-state index is -3.71. The van der Waals surface area contributed by atoms with Crippen molar-refractivity contribution in [3.8, 4) is 22.1 Å². The van der Waals surface area contributed by atoms with Crippen LogP contribution < -0.4 is 14.8 Å². The Balaban J connectivity index is 1.46. The van der Waals surface area contributed by atoms with E-state index in [0.717, 1.165) is 11.1 Å². The number of nitrogens with zero attached hydrogens (tertiary/aromatic N) is 2. The highest BCUT2D eigenvalue weighted by Gasteiger charge is 2.21. The fourth-order valence-corrected chi connectivity index (χ4v) is 5.50. The highest BCUT2D eigenvalue weighted by atomic mass is 32.2. The lowest BCUT2D eigenvalue weighted by Crippen LogP contribution is -2.26. The van der Waals surface area contributed by atoms with E-state index in [2.05, 4.69) is 10.3 Å². The average molecular weight is 524 g/mol. The van der Waals surface area contributed by atoms with E-state index in [1.165, 1.54) is 47.0 Å². The number of amides is 1. The fourth-order valence-electron chi connectivity index (χ4n) is 3.51. The van der Waals surface area contributed by atoms with E-state index in [0.29, 0.717) is 27.1 Å². The van der Waals surface area contributed by atoms with Crippen LogP contribution in [0.15, 0.2) is 83.9 Å². The number of rotatable bonds is 9. The Hall–Kier alpha value is -3.73. The molecule has 0 saturated carbocycles. The van der Waals surface area contributed by atoms with Crippen LogP contribution in [-0.2, 0) is 16.6 Å². The summed E-state index contributed by atoms with van der Waals surface area (Å²) in [4.78, 5) is 17.3. The van der Waals surface area contributed by atoms with Crippen LogP contribution in [-0.4, -0.2) is 44.9 Å². The number of methoxy groups -OCH3 is 2. The van der Waals surface area contributed by atoms with Gasteiger partial charge in [-0.3, -0.25) is 4.79 Å². The lowest BCUT2D eigenvalue weighted by atomic mass is 10.2. The molecule has 0 saturated heterocycles. The molecule has 0 aliphatic heterocycles. The third-order valence-corrected chi connectivity index (χ3v) is 8.22. The van der Waals surface area contributed by atoms with Gasteiger partial charge in [-0.05, 0) is 48.0 Å². The molecule has 0 radical (unpaired) electrons. The summed E-state index contributed by atoms with van der Waals surface area (Å²) in [5.41, 5.74) is 1.96. The molecule has 0 fully saturated rings. The van der Waals surface area contributed by atoms with E-state index in [9.17, 15) is 13.2 Å². The lowest BCUT2D eigenvalue weighted by molar-refractivity contribution is 0.102. The van der Waals surface area contributed by atoms with Crippen LogP contribution in [0.1, 0.15) is 15.9 Å². The molecule has 4 rings (SSSR count). The molecule has 1 amide bonds. The Labute approximate surface area is 214 Å². The van der Waals surface area contributed by atoms with Gasteiger partial charge in [0, 0.05) is 19.2 Å². The molecule has 1 N–H and O–H groups in total. The second kappa shape index (κ2) is 10.9. The first-order valence-electron chi connectivity index (χ1n) is 10.9. The van der Waals surface area contributed by atoms with E-state index < -0.39 is 10.0 Å². The maximum atomic E-state index is 12.9. The van der Waals surface area contributed by atoms with Crippen molar-refractivity contribution >= 4 is 32.3 Å². The number of nitrogens with one attached hydrogen (secondary N) is 1. The standard InChI is InChI=1S/C26H25N3O5S2/c1-29(17-18-7-5-4-6-8-18)36(31,32)21-12-9-19(10-13-21)25(30)28-24-16-27-26(35-24)22-15-20(33-2)11-14-23(22)34-3/h4-16H,17H2,1-3H3,(H,28,30). The number of carbonyl (C=O) groups excluding carboxylic acids is 1. The summed E-state index contributed by atoms with van der Waals surface area (Å²) in [6.07, 6.45) is 1.56. The van der Waals surface area contributed by atoms with Crippen LogP contribution in [0.5, 0.6) is 11.5 Å². The average Bonchev–Trinajstić information content (AvgIpc) is 3.37. The van der Waals surface area contributed by atoms with Crippen molar-refractivity contribution in [1.29, 1.82) is 0 Å². The number of thiazole rings is 1. The summed E-state index contributed by atoms with van der Waals surface area (Å²) in [6, 6.07) is 20.6. The van der Waals surface area contributed by atoms with Gasteiger partial charge in [0.05, 0.1) is 30.9 Å². The largest absolute Gasteiger partial charge is 0.497 e. The Kier molecular flexibility index (Phi) is 7.68. The highest BCUT2D eigenvalue weighted by Crippen LogP contribution is 2.37. The van der Waals surface area contributed by atoms with Gasteiger partial charge in [-0.25, -0.2) is 13.4 Å². The molecule has 1 heterocycles.